The van der Waals surface area contributed by atoms with Crippen LogP contribution in [0.2, 0.25) is 0 Å². The van der Waals surface area contributed by atoms with E-state index in [0.29, 0.717) is 6.54 Å². The van der Waals surface area contributed by atoms with E-state index in [1.165, 1.54) is 0 Å². The van der Waals surface area contributed by atoms with Gasteiger partial charge < -0.3 is 16.0 Å². The van der Waals surface area contributed by atoms with Crippen LogP contribution in [0, 0.1) is 5.92 Å². The lowest BCUT2D eigenvalue weighted by Crippen LogP contribution is -2.47. The minimum Gasteiger partial charge on any atom is -0.346 e. The van der Waals surface area contributed by atoms with Crippen LogP contribution < -0.4 is 11.1 Å². The van der Waals surface area contributed by atoms with Crippen molar-refractivity contribution in [1.29, 1.82) is 0 Å². The summed E-state index contributed by atoms with van der Waals surface area (Å²) in [5, 5.41) is 2.58. The molecule has 0 fully saturated rings. The highest BCUT2D eigenvalue weighted by Gasteiger charge is 2.18. The van der Waals surface area contributed by atoms with E-state index in [2.05, 4.69) is 10.3 Å². The zero-order valence-corrected chi connectivity index (χ0v) is 15.3. The molecule has 2 amide bonds. The van der Waals surface area contributed by atoms with Crippen molar-refractivity contribution in [2.75, 3.05) is 20.1 Å². The van der Waals surface area contributed by atoms with E-state index in [4.69, 9.17) is 5.73 Å². The van der Waals surface area contributed by atoms with Crippen LogP contribution in [0.5, 0.6) is 0 Å². The number of halogens is 2. The molecule has 8 heteroatoms. The van der Waals surface area contributed by atoms with Crippen LogP contribution in [-0.4, -0.2) is 47.9 Å². The molecule has 23 heavy (non-hydrogen) atoms. The van der Waals surface area contributed by atoms with Gasteiger partial charge in [0.05, 0.1) is 12.6 Å². The smallest absolute Gasteiger partial charge is 0.241 e. The van der Waals surface area contributed by atoms with Crippen molar-refractivity contribution >= 4 is 36.6 Å². The Morgan fingerprint density at radius 3 is 2.35 bits per heavy atom. The van der Waals surface area contributed by atoms with Crippen LogP contribution >= 0.6 is 24.8 Å². The van der Waals surface area contributed by atoms with Crippen molar-refractivity contribution in [3.8, 4) is 0 Å². The number of hydrogen-bond acceptors (Lipinski definition) is 4. The Kier molecular flexibility index (Phi) is 12.6. The second kappa shape index (κ2) is 12.1. The number of hydrogen-bond donors (Lipinski definition) is 2. The minimum absolute atomic E-state index is 0. The fourth-order valence-corrected chi connectivity index (χ4v) is 1.69. The Labute approximate surface area is 150 Å². The number of aromatic nitrogens is 1. The molecule has 0 saturated heterocycles. The third kappa shape index (κ3) is 8.74. The molecule has 0 aliphatic heterocycles. The number of carbonyl (C=O) groups is 2. The first-order valence-corrected chi connectivity index (χ1v) is 7.08. The fraction of sp³-hybridized carbons (Fsp3) is 0.533. The van der Waals surface area contributed by atoms with E-state index >= 15 is 0 Å². The van der Waals surface area contributed by atoms with E-state index in [-0.39, 0.29) is 49.1 Å². The SMILES string of the molecule is CC(C)[C@H](N)C(=O)NCC(=O)N(C)CCc1ccncc1.Cl.Cl. The van der Waals surface area contributed by atoms with Crippen molar-refractivity contribution in [2.45, 2.75) is 26.3 Å². The summed E-state index contributed by atoms with van der Waals surface area (Å²) in [4.78, 5) is 29.1. The van der Waals surface area contributed by atoms with Gasteiger partial charge in [-0.05, 0) is 30.0 Å². The van der Waals surface area contributed by atoms with Crippen molar-refractivity contribution in [3.05, 3.63) is 30.1 Å². The standard InChI is InChI=1S/C15H24N4O2.2ClH/c1-11(2)14(16)15(21)18-10-13(20)19(3)9-6-12-4-7-17-8-5-12;;/h4-5,7-8,11,14H,6,9-10,16H2,1-3H3,(H,18,21);2*1H/t14-;;/m0../s1. The third-order valence-electron chi connectivity index (χ3n) is 3.35. The van der Waals surface area contributed by atoms with Gasteiger partial charge in [-0.2, -0.15) is 0 Å². The van der Waals surface area contributed by atoms with Gasteiger partial charge in [0.1, 0.15) is 0 Å². The maximum absolute atomic E-state index is 11.9. The van der Waals surface area contributed by atoms with Crippen molar-refractivity contribution in [2.24, 2.45) is 11.7 Å². The summed E-state index contributed by atoms with van der Waals surface area (Å²) >= 11 is 0. The van der Waals surface area contributed by atoms with Gasteiger partial charge in [0.2, 0.25) is 11.8 Å². The summed E-state index contributed by atoms with van der Waals surface area (Å²) in [7, 11) is 1.72. The van der Waals surface area contributed by atoms with Gasteiger partial charge in [0.15, 0.2) is 0 Å². The fourth-order valence-electron chi connectivity index (χ4n) is 1.69. The molecule has 0 bridgehead atoms. The summed E-state index contributed by atoms with van der Waals surface area (Å²) in [5.74, 6) is -0.376. The number of rotatable bonds is 7. The first kappa shape index (κ1) is 23.9. The van der Waals surface area contributed by atoms with Gasteiger partial charge in [0, 0.05) is 26.0 Å². The van der Waals surface area contributed by atoms with Crippen LogP contribution in [-0.2, 0) is 16.0 Å². The third-order valence-corrected chi connectivity index (χ3v) is 3.35. The predicted octanol–water partition coefficient (Wildman–Crippen LogP) is 1.03. The Morgan fingerprint density at radius 2 is 1.83 bits per heavy atom. The second-order valence-corrected chi connectivity index (χ2v) is 5.41. The van der Waals surface area contributed by atoms with Crippen LogP contribution in [0.1, 0.15) is 19.4 Å². The topological polar surface area (TPSA) is 88.3 Å². The molecule has 0 aromatic carbocycles. The molecule has 1 rings (SSSR count). The Bertz CT molecular complexity index is 472. The van der Waals surface area contributed by atoms with Gasteiger partial charge >= 0.3 is 0 Å². The van der Waals surface area contributed by atoms with E-state index in [1.807, 2.05) is 26.0 Å². The monoisotopic (exact) mass is 364 g/mol. The normalized spacial score (nSPS) is 11.0. The molecule has 0 radical (unpaired) electrons. The van der Waals surface area contributed by atoms with Gasteiger partial charge in [-0.25, -0.2) is 0 Å². The largest absolute Gasteiger partial charge is 0.346 e. The maximum Gasteiger partial charge on any atom is 0.241 e. The van der Waals surface area contributed by atoms with E-state index in [9.17, 15) is 9.59 Å². The van der Waals surface area contributed by atoms with E-state index in [1.54, 1.807) is 24.3 Å². The number of likely N-dealkylation sites (N-methyl/N-ethyl adjacent to an activating group) is 1. The quantitative estimate of drug-likeness (QED) is 0.755. The maximum atomic E-state index is 11.9. The van der Waals surface area contributed by atoms with Gasteiger partial charge in [-0.15, -0.1) is 24.8 Å². The molecule has 0 spiro atoms. The second-order valence-electron chi connectivity index (χ2n) is 5.41. The minimum atomic E-state index is -0.583. The Hall–Kier alpha value is -1.37. The molecule has 1 aromatic heterocycles. The lowest BCUT2D eigenvalue weighted by molar-refractivity contribution is -0.132. The molecule has 132 valence electrons. The zero-order chi connectivity index (χ0) is 15.8. The van der Waals surface area contributed by atoms with Gasteiger partial charge in [0.25, 0.3) is 0 Å². The van der Waals surface area contributed by atoms with Crippen molar-refractivity contribution in [1.82, 2.24) is 15.2 Å². The van der Waals surface area contributed by atoms with Crippen LogP contribution in [0.15, 0.2) is 24.5 Å². The van der Waals surface area contributed by atoms with Crippen LogP contribution in [0.4, 0.5) is 0 Å². The molecular weight excluding hydrogens is 339 g/mol. The molecular formula is C15H26Cl2N4O2. The number of amides is 2. The molecule has 0 unspecified atom stereocenters. The summed E-state index contributed by atoms with van der Waals surface area (Å²) in [6, 6.07) is 3.25. The van der Waals surface area contributed by atoms with Gasteiger partial charge in [-0.3, -0.25) is 14.6 Å². The summed E-state index contributed by atoms with van der Waals surface area (Å²) in [5.41, 5.74) is 6.83. The predicted molar refractivity (Wildman–Crippen MR) is 95.9 cm³/mol. The molecule has 1 aromatic rings. The highest BCUT2D eigenvalue weighted by molar-refractivity contribution is 5.87. The molecule has 1 atom stereocenters. The number of nitrogens with one attached hydrogen (secondary N) is 1. The lowest BCUT2D eigenvalue weighted by Gasteiger charge is -2.19. The highest BCUT2D eigenvalue weighted by atomic mass is 35.5. The summed E-state index contributed by atoms with van der Waals surface area (Å²) in [6.45, 7) is 4.31. The van der Waals surface area contributed by atoms with Gasteiger partial charge in [-0.1, -0.05) is 13.8 Å². The van der Waals surface area contributed by atoms with E-state index in [0.717, 1.165) is 12.0 Å². The number of carbonyl (C=O) groups excluding carboxylic acids is 2. The molecule has 0 aliphatic rings. The Morgan fingerprint density at radius 1 is 1.26 bits per heavy atom. The molecule has 3 N–H and O–H groups in total. The molecule has 0 aliphatic carbocycles. The highest BCUT2D eigenvalue weighted by Crippen LogP contribution is 2.00. The van der Waals surface area contributed by atoms with Crippen molar-refractivity contribution < 1.29 is 9.59 Å². The van der Waals surface area contributed by atoms with Crippen molar-refractivity contribution in [3.63, 3.8) is 0 Å². The van der Waals surface area contributed by atoms with Crippen LogP contribution in [0.25, 0.3) is 0 Å². The summed E-state index contributed by atoms with van der Waals surface area (Å²) < 4.78 is 0. The zero-order valence-electron chi connectivity index (χ0n) is 13.7. The average Bonchev–Trinajstić information content (AvgIpc) is 2.49. The molecule has 6 nitrogen and oxygen atoms in total. The molecule has 0 saturated carbocycles. The lowest BCUT2D eigenvalue weighted by atomic mass is 10.1. The summed E-state index contributed by atoms with van der Waals surface area (Å²) in [6.07, 6.45) is 4.21. The average molecular weight is 365 g/mol. The van der Waals surface area contributed by atoms with E-state index < -0.39 is 6.04 Å². The number of nitrogens with two attached hydrogens (primary N) is 1. The first-order chi connectivity index (χ1) is 9.91. The Balaban J connectivity index is 0. The number of nitrogens with zero attached hydrogens (tertiary/aromatic N) is 2. The number of pyridine rings is 1. The van der Waals surface area contributed by atoms with Crippen LogP contribution in [0.3, 0.4) is 0 Å². The molecule has 1 heterocycles. The first-order valence-electron chi connectivity index (χ1n) is 7.08.